The molecule has 0 saturated heterocycles. The Morgan fingerprint density at radius 2 is 1.88 bits per heavy atom. The molecular formula is C19H22BrNO3. The van der Waals surface area contributed by atoms with Crippen LogP contribution in [-0.4, -0.2) is 18.7 Å². The minimum Gasteiger partial charge on any atom is -0.491 e. The molecule has 0 unspecified atom stereocenters. The van der Waals surface area contributed by atoms with Gasteiger partial charge < -0.3 is 14.8 Å². The van der Waals surface area contributed by atoms with E-state index in [0.29, 0.717) is 18.7 Å². The van der Waals surface area contributed by atoms with Crippen LogP contribution in [0.3, 0.4) is 0 Å². The fraction of sp³-hybridized carbons (Fsp3) is 0.316. The van der Waals surface area contributed by atoms with Gasteiger partial charge in [-0.3, -0.25) is 0 Å². The van der Waals surface area contributed by atoms with E-state index >= 15 is 0 Å². The van der Waals surface area contributed by atoms with E-state index in [9.17, 15) is 4.79 Å². The first-order chi connectivity index (χ1) is 11.5. The molecule has 1 N–H and O–H groups in total. The molecule has 0 spiro atoms. The molecule has 4 nitrogen and oxygen atoms in total. The number of carbonyl (C=O) groups is 1. The van der Waals surface area contributed by atoms with Gasteiger partial charge in [0.2, 0.25) is 0 Å². The molecule has 2 aromatic carbocycles. The SMILES string of the molecule is CCOC(=O)c1ccc(NCc2cc(Br)ccc2OC(C)C)cc1. The van der Waals surface area contributed by atoms with Gasteiger partial charge in [-0.1, -0.05) is 15.9 Å². The molecule has 0 saturated carbocycles. The van der Waals surface area contributed by atoms with Crippen molar-refractivity contribution < 1.29 is 14.3 Å². The van der Waals surface area contributed by atoms with Crippen LogP contribution in [0.2, 0.25) is 0 Å². The summed E-state index contributed by atoms with van der Waals surface area (Å²) in [5, 5.41) is 3.35. The molecule has 0 aliphatic heterocycles. The predicted molar refractivity (Wildman–Crippen MR) is 99.6 cm³/mol. The van der Waals surface area contributed by atoms with Gasteiger partial charge in [0.15, 0.2) is 0 Å². The molecule has 0 atom stereocenters. The number of rotatable bonds is 7. The van der Waals surface area contributed by atoms with E-state index in [1.54, 1.807) is 19.1 Å². The Kier molecular flexibility index (Phi) is 6.67. The average Bonchev–Trinajstić information content (AvgIpc) is 2.55. The quantitative estimate of drug-likeness (QED) is 0.672. The van der Waals surface area contributed by atoms with Crippen LogP contribution < -0.4 is 10.1 Å². The van der Waals surface area contributed by atoms with E-state index in [1.807, 2.05) is 44.2 Å². The Balaban J connectivity index is 2.05. The van der Waals surface area contributed by atoms with Gasteiger partial charge >= 0.3 is 5.97 Å². The summed E-state index contributed by atoms with van der Waals surface area (Å²) in [6, 6.07) is 13.2. The van der Waals surface area contributed by atoms with Crippen LogP contribution >= 0.6 is 15.9 Å². The number of carbonyl (C=O) groups excluding carboxylic acids is 1. The number of nitrogens with one attached hydrogen (secondary N) is 1. The zero-order valence-corrected chi connectivity index (χ0v) is 15.7. The molecule has 2 rings (SSSR count). The normalized spacial score (nSPS) is 10.5. The summed E-state index contributed by atoms with van der Waals surface area (Å²) in [6.45, 7) is 6.81. The molecule has 0 aliphatic carbocycles. The van der Waals surface area contributed by atoms with Crippen LogP contribution in [0.25, 0.3) is 0 Å². The highest BCUT2D eigenvalue weighted by Crippen LogP contribution is 2.25. The fourth-order valence-electron chi connectivity index (χ4n) is 2.19. The highest BCUT2D eigenvalue weighted by atomic mass is 79.9. The molecule has 0 radical (unpaired) electrons. The van der Waals surface area contributed by atoms with E-state index in [1.165, 1.54) is 0 Å². The first-order valence-corrected chi connectivity index (χ1v) is 8.75. The van der Waals surface area contributed by atoms with Gasteiger partial charge in [0.05, 0.1) is 18.3 Å². The van der Waals surface area contributed by atoms with Crippen molar-refractivity contribution in [2.75, 3.05) is 11.9 Å². The third kappa shape index (κ3) is 5.27. The zero-order valence-electron chi connectivity index (χ0n) is 14.1. The summed E-state index contributed by atoms with van der Waals surface area (Å²) in [5.74, 6) is 0.563. The third-order valence-corrected chi connectivity index (χ3v) is 3.76. The average molecular weight is 392 g/mol. The molecular weight excluding hydrogens is 370 g/mol. The van der Waals surface area contributed by atoms with Crippen LogP contribution in [0.4, 0.5) is 5.69 Å². The minimum atomic E-state index is -0.302. The Morgan fingerprint density at radius 3 is 2.50 bits per heavy atom. The molecule has 128 valence electrons. The lowest BCUT2D eigenvalue weighted by atomic mass is 10.1. The molecule has 5 heteroatoms. The van der Waals surface area contributed by atoms with Crippen LogP contribution in [0, 0.1) is 0 Å². The van der Waals surface area contributed by atoms with Crippen LogP contribution in [0.15, 0.2) is 46.9 Å². The summed E-state index contributed by atoms with van der Waals surface area (Å²) >= 11 is 3.49. The summed E-state index contributed by atoms with van der Waals surface area (Å²) in [5.41, 5.74) is 2.54. The maximum absolute atomic E-state index is 11.7. The maximum atomic E-state index is 11.7. The third-order valence-electron chi connectivity index (χ3n) is 3.26. The smallest absolute Gasteiger partial charge is 0.338 e. The number of hydrogen-bond acceptors (Lipinski definition) is 4. The van der Waals surface area contributed by atoms with Crippen molar-refractivity contribution >= 4 is 27.6 Å². The number of esters is 1. The fourth-order valence-corrected chi connectivity index (χ4v) is 2.60. The summed E-state index contributed by atoms with van der Waals surface area (Å²) in [6.07, 6.45) is 0.119. The van der Waals surface area contributed by atoms with Crippen molar-refractivity contribution in [3.05, 3.63) is 58.1 Å². The lowest BCUT2D eigenvalue weighted by molar-refractivity contribution is 0.0526. The van der Waals surface area contributed by atoms with Gasteiger partial charge in [-0.05, 0) is 63.2 Å². The van der Waals surface area contributed by atoms with Gasteiger partial charge in [-0.15, -0.1) is 0 Å². The maximum Gasteiger partial charge on any atom is 0.338 e. The topological polar surface area (TPSA) is 47.6 Å². The van der Waals surface area contributed by atoms with Crippen molar-refractivity contribution in [1.82, 2.24) is 0 Å². The lowest BCUT2D eigenvalue weighted by Crippen LogP contribution is -2.09. The highest BCUT2D eigenvalue weighted by molar-refractivity contribution is 9.10. The van der Waals surface area contributed by atoms with E-state index in [2.05, 4.69) is 21.2 Å². The van der Waals surface area contributed by atoms with E-state index in [0.717, 1.165) is 21.5 Å². The Bertz CT molecular complexity index is 684. The number of hydrogen-bond donors (Lipinski definition) is 1. The predicted octanol–water partition coefficient (Wildman–Crippen LogP) is 5.03. The Hall–Kier alpha value is -2.01. The van der Waals surface area contributed by atoms with Crippen molar-refractivity contribution in [2.45, 2.75) is 33.4 Å². The summed E-state index contributed by atoms with van der Waals surface area (Å²) < 4.78 is 11.8. The van der Waals surface area contributed by atoms with Crippen LogP contribution in [-0.2, 0) is 11.3 Å². The summed E-state index contributed by atoms with van der Waals surface area (Å²) in [4.78, 5) is 11.7. The van der Waals surface area contributed by atoms with Crippen molar-refractivity contribution in [3.63, 3.8) is 0 Å². The molecule has 0 heterocycles. The van der Waals surface area contributed by atoms with E-state index in [4.69, 9.17) is 9.47 Å². The second-order valence-corrected chi connectivity index (χ2v) is 6.49. The number of ether oxygens (including phenoxy) is 2. The standard InChI is InChI=1S/C19H22BrNO3/c1-4-23-19(22)14-5-8-17(9-6-14)21-12-15-11-16(20)7-10-18(15)24-13(2)3/h5-11,13,21H,4,12H2,1-3H3. The van der Waals surface area contributed by atoms with Gasteiger partial charge in [0.1, 0.15) is 5.75 Å². The lowest BCUT2D eigenvalue weighted by Gasteiger charge is -2.15. The van der Waals surface area contributed by atoms with Crippen LogP contribution in [0.1, 0.15) is 36.7 Å². The number of anilines is 1. The Labute approximate surface area is 151 Å². The molecule has 0 aromatic heterocycles. The van der Waals surface area contributed by atoms with Gasteiger partial charge in [0, 0.05) is 22.3 Å². The molecule has 0 bridgehead atoms. The minimum absolute atomic E-state index is 0.119. The first kappa shape index (κ1) is 18.3. The van der Waals surface area contributed by atoms with Crippen molar-refractivity contribution in [1.29, 1.82) is 0 Å². The molecule has 0 amide bonds. The largest absolute Gasteiger partial charge is 0.491 e. The van der Waals surface area contributed by atoms with E-state index < -0.39 is 0 Å². The second-order valence-electron chi connectivity index (χ2n) is 5.57. The number of halogens is 1. The second kappa shape index (κ2) is 8.73. The van der Waals surface area contributed by atoms with E-state index in [-0.39, 0.29) is 12.1 Å². The van der Waals surface area contributed by atoms with Gasteiger partial charge in [-0.25, -0.2) is 4.79 Å². The summed E-state index contributed by atoms with van der Waals surface area (Å²) in [7, 11) is 0. The zero-order chi connectivity index (χ0) is 17.5. The molecule has 24 heavy (non-hydrogen) atoms. The monoisotopic (exact) mass is 391 g/mol. The molecule has 0 fully saturated rings. The van der Waals surface area contributed by atoms with Crippen molar-refractivity contribution in [2.24, 2.45) is 0 Å². The Morgan fingerprint density at radius 1 is 1.17 bits per heavy atom. The van der Waals surface area contributed by atoms with Gasteiger partial charge in [-0.2, -0.15) is 0 Å². The van der Waals surface area contributed by atoms with Crippen molar-refractivity contribution in [3.8, 4) is 5.75 Å². The first-order valence-electron chi connectivity index (χ1n) is 7.95. The highest BCUT2D eigenvalue weighted by Gasteiger charge is 2.08. The van der Waals surface area contributed by atoms with Gasteiger partial charge in [0.25, 0.3) is 0 Å². The van der Waals surface area contributed by atoms with Crippen LogP contribution in [0.5, 0.6) is 5.75 Å². The number of benzene rings is 2. The molecule has 2 aromatic rings. The molecule has 0 aliphatic rings.